The molecule has 9 heteroatoms. The number of rotatable bonds is 4. The van der Waals surface area contributed by atoms with Crippen molar-refractivity contribution < 1.29 is 27.2 Å². The molecule has 1 atom stereocenters. The molecule has 0 radical (unpaired) electrons. The van der Waals surface area contributed by atoms with Crippen LogP contribution >= 0.6 is 11.6 Å². The van der Waals surface area contributed by atoms with Gasteiger partial charge in [-0.3, -0.25) is 9.59 Å². The number of hydrogen-bond acceptors (Lipinski definition) is 2. The molecule has 1 aliphatic heterocycles. The fourth-order valence-electron chi connectivity index (χ4n) is 2.90. The first-order valence-electron chi connectivity index (χ1n) is 7.91. The minimum Gasteiger partial charge on any atom is -0.341 e. The van der Waals surface area contributed by atoms with Gasteiger partial charge in [0.25, 0.3) is 5.91 Å². The Morgan fingerprint density at radius 2 is 1.96 bits per heavy atom. The van der Waals surface area contributed by atoms with Crippen molar-refractivity contribution in [2.45, 2.75) is 25.1 Å². The van der Waals surface area contributed by atoms with Gasteiger partial charge < -0.3 is 10.6 Å². The molecule has 0 fully saturated rings. The quantitative estimate of drug-likeness (QED) is 0.737. The van der Waals surface area contributed by atoms with E-state index in [-0.39, 0.29) is 21.8 Å². The van der Waals surface area contributed by atoms with E-state index in [1.54, 1.807) is 0 Å². The highest BCUT2D eigenvalue weighted by Gasteiger charge is 2.34. The first-order chi connectivity index (χ1) is 12.7. The van der Waals surface area contributed by atoms with Crippen LogP contribution in [-0.4, -0.2) is 18.0 Å². The van der Waals surface area contributed by atoms with Gasteiger partial charge in [0.2, 0.25) is 5.91 Å². The number of fused-ring (bicyclic) bond motifs is 1. The van der Waals surface area contributed by atoms with Gasteiger partial charge in [0.05, 0.1) is 12.5 Å². The summed E-state index contributed by atoms with van der Waals surface area (Å²) < 4.78 is 50.6. The maximum absolute atomic E-state index is 13.6. The molecule has 1 aliphatic rings. The molecule has 0 saturated carbocycles. The number of anilines is 1. The number of amides is 2. The molecular formula is C18H13ClF4N2O2. The minimum absolute atomic E-state index is 0.170. The lowest BCUT2D eigenvalue weighted by molar-refractivity contribution is -0.142. The largest absolute Gasteiger partial charge is 0.389 e. The van der Waals surface area contributed by atoms with E-state index in [2.05, 4.69) is 10.6 Å². The van der Waals surface area contributed by atoms with E-state index >= 15 is 0 Å². The van der Waals surface area contributed by atoms with E-state index in [0.29, 0.717) is 5.56 Å². The Morgan fingerprint density at radius 1 is 1.22 bits per heavy atom. The molecular weight excluding hydrogens is 388 g/mol. The molecule has 2 aromatic rings. The smallest absolute Gasteiger partial charge is 0.341 e. The van der Waals surface area contributed by atoms with E-state index in [0.717, 1.165) is 12.1 Å². The van der Waals surface area contributed by atoms with Gasteiger partial charge in [0, 0.05) is 33.8 Å². The Bertz CT molecular complexity index is 915. The number of halogens is 5. The summed E-state index contributed by atoms with van der Waals surface area (Å²) in [5.74, 6) is -1.87. The number of carbonyl (C=O) groups excluding carboxylic acids is 2. The van der Waals surface area contributed by atoms with Crippen LogP contribution < -0.4 is 10.6 Å². The first kappa shape index (κ1) is 19.2. The minimum atomic E-state index is -4.45. The fourth-order valence-corrected chi connectivity index (χ4v) is 3.13. The van der Waals surface area contributed by atoms with Crippen LogP contribution in [0.1, 0.15) is 40.4 Å². The number of carbonyl (C=O) groups is 2. The lowest BCUT2D eigenvalue weighted by Gasteiger charge is -2.18. The zero-order valence-electron chi connectivity index (χ0n) is 13.7. The van der Waals surface area contributed by atoms with Crippen LogP contribution in [0.2, 0.25) is 5.02 Å². The second-order valence-corrected chi connectivity index (χ2v) is 6.41. The van der Waals surface area contributed by atoms with Crippen molar-refractivity contribution in [1.82, 2.24) is 5.32 Å². The van der Waals surface area contributed by atoms with Gasteiger partial charge in [-0.15, -0.1) is 0 Å². The molecule has 0 unspecified atom stereocenters. The van der Waals surface area contributed by atoms with Gasteiger partial charge >= 0.3 is 6.18 Å². The third-order valence-electron chi connectivity index (χ3n) is 4.09. The van der Waals surface area contributed by atoms with E-state index in [9.17, 15) is 27.2 Å². The average Bonchev–Trinajstić information content (AvgIpc) is 2.93. The van der Waals surface area contributed by atoms with Crippen LogP contribution in [-0.2, 0) is 4.79 Å². The summed E-state index contributed by atoms with van der Waals surface area (Å²) in [6.45, 7) is 0. The van der Waals surface area contributed by atoms with Gasteiger partial charge in [-0.25, -0.2) is 4.39 Å². The zero-order valence-corrected chi connectivity index (χ0v) is 14.4. The second kappa shape index (κ2) is 7.19. The van der Waals surface area contributed by atoms with Crippen LogP contribution in [0, 0.1) is 5.82 Å². The fraction of sp³-hybridized carbons (Fsp3) is 0.222. The summed E-state index contributed by atoms with van der Waals surface area (Å²) in [4.78, 5) is 24.1. The molecule has 0 aromatic heterocycles. The van der Waals surface area contributed by atoms with Crippen LogP contribution in [0.15, 0.2) is 36.4 Å². The number of alkyl halides is 3. The first-order valence-corrected chi connectivity index (χ1v) is 8.29. The molecule has 2 amide bonds. The third-order valence-corrected chi connectivity index (χ3v) is 4.44. The van der Waals surface area contributed by atoms with E-state index in [4.69, 9.17) is 11.6 Å². The molecule has 0 saturated heterocycles. The zero-order chi connectivity index (χ0) is 19.8. The molecule has 2 aromatic carbocycles. The topological polar surface area (TPSA) is 58.2 Å². The Balaban J connectivity index is 1.94. The SMILES string of the molecule is O=C(CCC(F)(F)F)Nc1cccc2c1[C@@H](c1cc(F)ccc1Cl)NC2=O. The normalized spacial score (nSPS) is 16.0. The standard InChI is InChI=1S/C18H13ClF4N2O2/c19-12-5-4-9(20)8-11(12)16-15-10(17(27)25-16)2-1-3-13(15)24-14(26)6-7-18(21,22)23/h1-5,8,16H,6-7H2,(H,24,26)(H,25,27)/t16-/m1/s1. The highest BCUT2D eigenvalue weighted by atomic mass is 35.5. The van der Waals surface area contributed by atoms with Gasteiger partial charge in [-0.1, -0.05) is 17.7 Å². The number of hydrogen-bond donors (Lipinski definition) is 2. The van der Waals surface area contributed by atoms with Crippen LogP contribution in [0.3, 0.4) is 0 Å². The van der Waals surface area contributed by atoms with Crippen molar-refractivity contribution in [3.05, 3.63) is 63.9 Å². The van der Waals surface area contributed by atoms with Gasteiger partial charge in [-0.2, -0.15) is 13.2 Å². The molecule has 4 nitrogen and oxygen atoms in total. The van der Waals surface area contributed by atoms with E-state index in [1.807, 2.05) is 0 Å². The van der Waals surface area contributed by atoms with Crippen molar-refractivity contribution in [3.8, 4) is 0 Å². The van der Waals surface area contributed by atoms with E-state index < -0.39 is 42.7 Å². The van der Waals surface area contributed by atoms with Gasteiger partial charge in [-0.05, 0) is 30.3 Å². The van der Waals surface area contributed by atoms with Crippen LogP contribution in [0.4, 0.5) is 23.2 Å². The second-order valence-electron chi connectivity index (χ2n) is 6.00. The summed E-state index contributed by atoms with van der Waals surface area (Å²) in [6.07, 6.45) is -6.46. The maximum Gasteiger partial charge on any atom is 0.389 e. The summed E-state index contributed by atoms with van der Waals surface area (Å²) in [7, 11) is 0. The summed E-state index contributed by atoms with van der Waals surface area (Å²) in [5, 5.41) is 5.26. The number of benzene rings is 2. The monoisotopic (exact) mass is 400 g/mol. The van der Waals surface area contributed by atoms with E-state index in [1.165, 1.54) is 24.3 Å². The van der Waals surface area contributed by atoms with Crippen molar-refractivity contribution in [1.29, 1.82) is 0 Å². The molecule has 0 bridgehead atoms. The molecule has 0 spiro atoms. The average molecular weight is 401 g/mol. The molecule has 1 heterocycles. The Labute approximate surface area is 156 Å². The van der Waals surface area contributed by atoms with Crippen LogP contribution in [0.25, 0.3) is 0 Å². The molecule has 142 valence electrons. The summed E-state index contributed by atoms with van der Waals surface area (Å²) >= 11 is 6.12. The van der Waals surface area contributed by atoms with Gasteiger partial charge in [0.1, 0.15) is 5.82 Å². The highest BCUT2D eigenvalue weighted by molar-refractivity contribution is 6.31. The Morgan fingerprint density at radius 3 is 2.67 bits per heavy atom. The molecule has 2 N–H and O–H groups in total. The Kier molecular flexibility index (Phi) is 5.10. The van der Waals surface area contributed by atoms with Crippen LogP contribution in [0.5, 0.6) is 0 Å². The maximum atomic E-state index is 13.6. The molecule has 27 heavy (non-hydrogen) atoms. The van der Waals surface area contributed by atoms with Gasteiger partial charge in [0.15, 0.2) is 0 Å². The third kappa shape index (κ3) is 4.21. The van der Waals surface area contributed by atoms with Crippen molar-refractivity contribution in [2.75, 3.05) is 5.32 Å². The predicted molar refractivity (Wildman–Crippen MR) is 91.1 cm³/mol. The lowest BCUT2D eigenvalue weighted by Crippen LogP contribution is -2.21. The summed E-state index contributed by atoms with van der Waals surface area (Å²) in [5.41, 5.74) is 1.01. The molecule has 3 rings (SSSR count). The number of nitrogens with one attached hydrogen (secondary N) is 2. The lowest BCUT2D eigenvalue weighted by atomic mass is 9.96. The van der Waals surface area contributed by atoms with Crippen molar-refractivity contribution >= 4 is 29.1 Å². The Hall–Kier alpha value is -2.61. The van der Waals surface area contributed by atoms with Crippen molar-refractivity contribution in [2.24, 2.45) is 0 Å². The molecule has 0 aliphatic carbocycles. The summed E-state index contributed by atoms with van der Waals surface area (Å²) in [6, 6.07) is 7.27. The predicted octanol–water partition coefficient (Wildman–Crippen LogP) is 4.59. The van der Waals surface area contributed by atoms with Crippen molar-refractivity contribution in [3.63, 3.8) is 0 Å². The highest BCUT2D eigenvalue weighted by Crippen LogP contribution is 2.39.